The predicted octanol–water partition coefficient (Wildman–Crippen LogP) is 4.19. The number of carbonyl (C=O) groups is 1. The van der Waals surface area contributed by atoms with Gasteiger partial charge in [-0.25, -0.2) is 9.97 Å². The molecule has 2 N–H and O–H groups in total. The Labute approximate surface area is 153 Å². The van der Waals surface area contributed by atoms with Crippen molar-refractivity contribution < 1.29 is 9.53 Å². The third-order valence-electron chi connectivity index (χ3n) is 3.95. The molecule has 0 spiro atoms. The highest BCUT2D eigenvalue weighted by molar-refractivity contribution is 6.04. The molecule has 0 radical (unpaired) electrons. The number of fused-ring (bicyclic) bond motifs is 1. The van der Waals surface area contributed by atoms with Gasteiger partial charge in [0.15, 0.2) is 5.65 Å². The summed E-state index contributed by atoms with van der Waals surface area (Å²) in [5.74, 6) is 0.851. The van der Waals surface area contributed by atoms with Gasteiger partial charge in [0.1, 0.15) is 11.3 Å². The van der Waals surface area contributed by atoms with Gasteiger partial charge in [-0.15, -0.1) is 0 Å². The lowest BCUT2D eigenvalue weighted by Gasteiger charge is -2.19. The summed E-state index contributed by atoms with van der Waals surface area (Å²) in [6.45, 7) is 10.3. The van der Waals surface area contributed by atoms with Crippen LogP contribution in [0, 0.1) is 0 Å². The second-order valence-electron chi connectivity index (χ2n) is 7.62. The topological polar surface area (TPSA) is 79.9 Å². The number of ether oxygens (including phenoxy) is 1. The van der Waals surface area contributed by atoms with Crippen molar-refractivity contribution in [1.82, 2.24) is 20.3 Å². The minimum Gasteiger partial charge on any atom is -0.437 e. The van der Waals surface area contributed by atoms with Crippen LogP contribution in [0.4, 0.5) is 0 Å². The predicted molar refractivity (Wildman–Crippen MR) is 102 cm³/mol. The van der Waals surface area contributed by atoms with Crippen LogP contribution in [0.15, 0.2) is 36.7 Å². The summed E-state index contributed by atoms with van der Waals surface area (Å²) in [7, 11) is 0. The van der Waals surface area contributed by atoms with E-state index in [1.807, 2.05) is 32.0 Å². The molecule has 136 valence electrons. The van der Waals surface area contributed by atoms with Crippen LogP contribution in [0.3, 0.4) is 0 Å². The fourth-order valence-electron chi connectivity index (χ4n) is 2.58. The monoisotopic (exact) mass is 352 g/mol. The van der Waals surface area contributed by atoms with Crippen LogP contribution in [-0.4, -0.2) is 26.9 Å². The number of nitrogens with zero attached hydrogens (tertiary/aromatic N) is 2. The number of amides is 1. The van der Waals surface area contributed by atoms with E-state index in [1.165, 1.54) is 5.56 Å². The lowest BCUT2D eigenvalue weighted by molar-refractivity contribution is 0.0944. The molecule has 0 bridgehead atoms. The second kappa shape index (κ2) is 6.78. The van der Waals surface area contributed by atoms with Crippen molar-refractivity contribution >= 4 is 17.1 Å². The molecular weight excluding hydrogens is 328 g/mol. The van der Waals surface area contributed by atoms with E-state index < -0.39 is 0 Å². The van der Waals surface area contributed by atoms with Gasteiger partial charge in [0.25, 0.3) is 5.91 Å². The number of carbonyl (C=O) groups excluding carboxylic acids is 1. The summed E-state index contributed by atoms with van der Waals surface area (Å²) >= 11 is 0. The van der Waals surface area contributed by atoms with Gasteiger partial charge in [0.05, 0.1) is 11.8 Å². The van der Waals surface area contributed by atoms with Crippen molar-refractivity contribution in [2.45, 2.75) is 46.1 Å². The number of nitrogens with one attached hydrogen (secondary N) is 2. The maximum absolute atomic E-state index is 12.3. The smallest absolute Gasteiger partial charge is 0.255 e. The van der Waals surface area contributed by atoms with Crippen LogP contribution in [0.1, 0.15) is 50.5 Å². The summed E-state index contributed by atoms with van der Waals surface area (Å²) in [6, 6.07) is 7.95. The number of aromatic nitrogens is 3. The van der Waals surface area contributed by atoms with Crippen molar-refractivity contribution in [3.05, 3.63) is 47.8 Å². The highest BCUT2D eigenvalue weighted by atomic mass is 16.5. The average Bonchev–Trinajstić information content (AvgIpc) is 2.97. The average molecular weight is 352 g/mol. The van der Waals surface area contributed by atoms with Crippen LogP contribution < -0.4 is 10.1 Å². The molecule has 0 saturated carbocycles. The molecule has 1 aromatic carbocycles. The van der Waals surface area contributed by atoms with E-state index in [4.69, 9.17) is 4.74 Å². The van der Waals surface area contributed by atoms with E-state index in [1.54, 1.807) is 12.4 Å². The first-order chi connectivity index (χ1) is 12.2. The van der Waals surface area contributed by atoms with Gasteiger partial charge in [-0.1, -0.05) is 32.9 Å². The molecule has 0 unspecified atom stereocenters. The van der Waals surface area contributed by atoms with E-state index in [9.17, 15) is 4.79 Å². The van der Waals surface area contributed by atoms with Crippen molar-refractivity contribution in [2.75, 3.05) is 0 Å². The summed E-state index contributed by atoms with van der Waals surface area (Å²) < 4.78 is 5.89. The van der Waals surface area contributed by atoms with E-state index in [0.29, 0.717) is 28.4 Å². The fourth-order valence-corrected chi connectivity index (χ4v) is 2.58. The zero-order valence-corrected chi connectivity index (χ0v) is 15.8. The maximum atomic E-state index is 12.3. The van der Waals surface area contributed by atoms with Crippen molar-refractivity contribution in [1.29, 1.82) is 0 Å². The van der Waals surface area contributed by atoms with Gasteiger partial charge in [0, 0.05) is 12.2 Å². The Morgan fingerprint density at radius 3 is 2.73 bits per heavy atom. The first-order valence-corrected chi connectivity index (χ1v) is 8.67. The van der Waals surface area contributed by atoms with Gasteiger partial charge in [-0.05, 0) is 37.0 Å². The molecule has 6 heteroatoms. The largest absolute Gasteiger partial charge is 0.437 e. The normalized spacial score (nSPS) is 11.8. The molecule has 26 heavy (non-hydrogen) atoms. The van der Waals surface area contributed by atoms with E-state index in [-0.39, 0.29) is 17.4 Å². The third-order valence-corrected chi connectivity index (χ3v) is 3.95. The van der Waals surface area contributed by atoms with Gasteiger partial charge in [0.2, 0.25) is 5.88 Å². The number of aromatic amines is 1. The minimum atomic E-state index is -0.188. The first-order valence-electron chi connectivity index (χ1n) is 8.67. The number of hydrogen-bond donors (Lipinski definition) is 2. The molecule has 0 aliphatic heterocycles. The highest BCUT2D eigenvalue weighted by Gasteiger charge is 2.17. The zero-order valence-electron chi connectivity index (χ0n) is 15.8. The third kappa shape index (κ3) is 3.85. The van der Waals surface area contributed by atoms with Crippen LogP contribution >= 0.6 is 0 Å². The van der Waals surface area contributed by atoms with Crippen LogP contribution in [0.5, 0.6) is 11.6 Å². The zero-order chi connectivity index (χ0) is 18.9. The molecule has 0 aliphatic carbocycles. The van der Waals surface area contributed by atoms with Crippen molar-refractivity contribution in [3.8, 4) is 11.6 Å². The van der Waals surface area contributed by atoms with Crippen LogP contribution in [-0.2, 0) is 5.41 Å². The van der Waals surface area contributed by atoms with Gasteiger partial charge < -0.3 is 15.0 Å². The highest BCUT2D eigenvalue weighted by Crippen LogP contribution is 2.28. The lowest BCUT2D eigenvalue weighted by atomic mass is 9.87. The minimum absolute atomic E-state index is 0.0255. The number of hydrogen-bond acceptors (Lipinski definition) is 4. The second-order valence-corrected chi connectivity index (χ2v) is 7.62. The van der Waals surface area contributed by atoms with E-state index in [0.717, 1.165) is 0 Å². The molecular formula is C20H24N4O2. The summed E-state index contributed by atoms with van der Waals surface area (Å²) in [6.07, 6.45) is 3.17. The number of H-pyrrole nitrogens is 1. The Balaban J connectivity index is 1.91. The van der Waals surface area contributed by atoms with Gasteiger partial charge in [-0.2, -0.15) is 0 Å². The van der Waals surface area contributed by atoms with Crippen LogP contribution in [0.25, 0.3) is 11.2 Å². The molecule has 2 aromatic heterocycles. The Morgan fingerprint density at radius 1 is 1.27 bits per heavy atom. The standard InChI is InChI=1S/C20H24N4O2/c1-12(2)23-19(25)15-10-21-18-17(15)24-16(11-22-18)26-14-8-6-7-13(9-14)20(3,4)5/h6-12H,1-5H3,(H,21,22)(H,23,25). The van der Waals surface area contributed by atoms with E-state index >= 15 is 0 Å². The number of rotatable bonds is 4. The molecule has 0 atom stereocenters. The Kier molecular flexibility index (Phi) is 4.68. The Hall–Kier alpha value is -2.89. The van der Waals surface area contributed by atoms with Crippen molar-refractivity contribution in [2.24, 2.45) is 0 Å². The van der Waals surface area contributed by atoms with E-state index in [2.05, 4.69) is 47.1 Å². The Bertz CT molecular complexity index is 938. The molecule has 0 aliphatic rings. The molecule has 0 fully saturated rings. The molecule has 3 rings (SSSR count). The summed E-state index contributed by atoms with van der Waals surface area (Å²) in [5.41, 5.74) is 2.69. The summed E-state index contributed by atoms with van der Waals surface area (Å²) in [4.78, 5) is 24.1. The summed E-state index contributed by atoms with van der Waals surface area (Å²) in [5, 5.41) is 2.86. The molecule has 6 nitrogen and oxygen atoms in total. The lowest BCUT2D eigenvalue weighted by Crippen LogP contribution is -2.29. The molecule has 2 heterocycles. The first kappa shape index (κ1) is 17.9. The molecule has 1 amide bonds. The number of benzene rings is 1. The molecule has 0 saturated heterocycles. The Morgan fingerprint density at radius 2 is 2.04 bits per heavy atom. The van der Waals surface area contributed by atoms with Gasteiger partial charge >= 0.3 is 0 Å². The van der Waals surface area contributed by atoms with Crippen LogP contribution in [0.2, 0.25) is 0 Å². The molecule has 3 aromatic rings. The SMILES string of the molecule is CC(C)NC(=O)c1c[nH]c2ncc(Oc3cccc(C(C)(C)C)c3)nc12. The van der Waals surface area contributed by atoms with Crippen molar-refractivity contribution in [3.63, 3.8) is 0 Å². The maximum Gasteiger partial charge on any atom is 0.255 e. The van der Waals surface area contributed by atoms with Gasteiger partial charge in [-0.3, -0.25) is 4.79 Å². The fraction of sp³-hybridized carbons (Fsp3) is 0.350. The quantitative estimate of drug-likeness (QED) is 0.738.